The molecule has 11 atom stereocenters. The van der Waals surface area contributed by atoms with Gasteiger partial charge < -0.3 is 15.3 Å². The van der Waals surface area contributed by atoms with E-state index in [0.29, 0.717) is 56.0 Å². The highest BCUT2D eigenvalue weighted by Crippen LogP contribution is 2.67. The van der Waals surface area contributed by atoms with Crippen molar-refractivity contribution in [3.8, 4) is 0 Å². The summed E-state index contributed by atoms with van der Waals surface area (Å²) >= 11 is 0. The van der Waals surface area contributed by atoms with E-state index in [0.717, 1.165) is 44.2 Å². The fourth-order valence-electron chi connectivity index (χ4n) is 10.6. The van der Waals surface area contributed by atoms with Gasteiger partial charge in [-0.1, -0.05) is 26.0 Å². The number of rotatable bonds is 4. The van der Waals surface area contributed by atoms with E-state index in [9.17, 15) is 36.9 Å². The van der Waals surface area contributed by atoms with E-state index in [1.165, 1.54) is 16.4 Å². The number of alkyl halides is 3. The molecule has 5 aliphatic rings. The third-order valence-electron chi connectivity index (χ3n) is 13.1. The van der Waals surface area contributed by atoms with Crippen LogP contribution in [-0.2, 0) is 16.2 Å². The molecule has 0 spiro atoms. The zero-order valence-corrected chi connectivity index (χ0v) is 27.1. The van der Waals surface area contributed by atoms with Gasteiger partial charge in [-0.15, -0.1) is 0 Å². The van der Waals surface area contributed by atoms with Crippen LogP contribution in [0.1, 0.15) is 84.6 Å². The first-order valence-electron chi connectivity index (χ1n) is 16.4. The molecule has 1 heterocycles. The highest BCUT2D eigenvalue weighted by atomic mass is 32.2. The Morgan fingerprint density at radius 2 is 1.64 bits per heavy atom. The van der Waals surface area contributed by atoms with Crippen molar-refractivity contribution < 1.29 is 36.9 Å². The maximum absolute atomic E-state index is 13.7. The van der Waals surface area contributed by atoms with Crippen molar-refractivity contribution in [1.29, 1.82) is 0 Å². The summed E-state index contributed by atoms with van der Waals surface area (Å²) in [6, 6.07) is 3.52. The van der Waals surface area contributed by atoms with Crippen molar-refractivity contribution >= 4 is 10.0 Å². The number of β-amino-alcohol motifs (C(OH)–C–C–N with tert-alkyl or cyclic N) is 1. The predicted molar refractivity (Wildman–Crippen MR) is 160 cm³/mol. The van der Waals surface area contributed by atoms with Crippen LogP contribution < -0.4 is 0 Å². The lowest BCUT2D eigenvalue weighted by Gasteiger charge is -2.62. The molecule has 1 aromatic rings. The van der Waals surface area contributed by atoms with E-state index in [2.05, 4.69) is 18.7 Å². The molecule has 0 bridgehead atoms. The molecule has 0 amide bonds. The molecule has 44 heavy (non-hydrogen) atoms. The van der Waals surface area contributed by atoms with Gasteiger partial charge in [-0.25, -0.2) is 8.42 Å². The molecular formula is C33H49F3N2O5S. The third kappa shape index (κ3) is 5.16. The number of hydrogen-bond acceptors (Lipinski definition) is 6. The van der Waals surface area contributed by atoms with Gasteiger partial charge in [-0.05, 0) is 112 Å². The van der Waals surface area contributed by atoms with Crippen LogP contribution in [0.25, 0.3) is 0 Å². The number of nitrogens with zero attached hydrogens (tertiary/aromatic N) is 2. The number of halogens is 3. The number of aliphatic hydroxyl groups is 3. The highest BCUT2D eigenvalue weighted by Gasteiger charge is 2.63. The lowest BCUT2D eigenvalue weighted by Crippen LogP contribution is -2.62. The second-order valence-corrected chi connectivity index (χ2v) is 17.4. The lowest BCUT2D eigenvalue weighted by molar-refractivity contribution is -0.162. The number of hydrogen-bond donors (Lipinski definition) is 3. The molecule has 0 aromatic heterocycles. The maximum atomic E-state index is 13.7. The van der Waals surface area contributed by atoms with Gasteiger partial charge in [0, 0.05) is 31.7 Å². The first-order chi connectivity index (χ1) is 20.4. The Morgan fingerprint density at radius 3 is 2.34 bits per heavy atom. The Kier molecular flexibility index (Phi) is 8.10. The van der Waals surface area contributed by atoms with Crippen molar-refractivity contribution in [3.63, 3.8) is 0 Å². The third-order valence-corrected chi connectivity index (χ3v) is 15.2. The molecule has 4 aliphatic carbocycles. The molecule has 6 rings (SSSR count). The van der Waals surface area contributed by atoms with Crippen LogP contribution in [0.5, 0.6) is 0 Å². The van der Waals surface area contributed by atoms with Crippen molar-refractivity contribution in [1.82, 2.24) is 9.21 Å². The smallest absolute Gasteiger partial charge is 0.390 e. The van der Waals surface area contributed by atoms with Crippen LogP contribution in [0.4, 0.5) is 13.2 Å². The van der Waals surface area contributed by atoms with E-state index >= 15 is 0 Å². The van der Waals surface area contributed by atoms with Crippen molar-refractivity contribution in [3.05, 3.63) is 29.8 Å². The van der Waals surface area contributed by atoms with Gasteiger partial charge in [0.1, 0.15) is 0 Å². The van der Waals surface area contributed by atoms with Gasteiger partial charge in [-0.3, -0.25) is 4.90 Å². The van der Waals surface area contributed by atoms with Gasteiger partial charge in [0.05, 0.1) is 28.3 Å². The summed E-state index contributed by atoms with van der Waals surface area (Å²) in [5, 5.41) is 33.3. The first kappa shape index (κ1) is 32.7. The largest absolute Gasteiger partial charge is 0.417 e. The number of benzene rings is 1. The minimum atomic E-state index is -4.78. The maximum Gasteiger partial charge on any atom is 0.417 e. The zero-order chi connectivity index (χ0) is 32.0. The molecule has 3 N–H and O–H groups in total. The summed E-state index contributed by atoms with van der Waals surface area (Å²) < 4.78 is 69.3. The number of piperazine rings is 1. The Labute approximate surface area is 259 Å². The monoisotopic (exact) mass is 642 g/mol. The fraction of sp³-hybridized carbons (Fsp3) is 0.818. The molecule has 2 unspecified atom stereocenters. The first-order valence-corrected chi connectivity index (χ1v) is 17.9. The minimum absolute atomic E-state index is 0.0501. The van der Waals surface area contributed by atoms with Crippen molar-refractivity contribution in [2.45, 2.75) is 120 Å². The standard InChI is InChI=1S/C33H49F3N2O5S/c1-20-18-38(44(42,43)28-8-6-5-7-25(28)33(34,35)36)21(2)17-37(20)19-32(41)14-13-30(3)22(16-32)9-10-23-24(30)11-12-31(4)26(23)15-27(39)29(31)40/h5-8,20-24,26-27,29,39-41H,9-19H2,1-4H3/t20?,21?,22-,23+,24-,26-,27+,29-,30-,31-,32+/m0/s1. The second-order valence-electron chi connectivity index (χ2n) is 15.6. The normalized spacial score (nSPS) is 45.4. The van der Waals surface area contributed by atoms with E-state index in [1.807, 2.05) is 6.92 Å². The quantitative estimate of drug-likeness (QED) is 0.433. The molecule has 7 nitrogen and oxygen atoms in total. The summed E-state index contributed by atoms with van der Waals surface area (Å²) in [6.07, 6.45) is 0.816. The van der Waals surface area contributed by atoms with Crippen LogP contribution in [-0.4, -0.2) is 82.5 Å². The van der Waals surface area contributed by atoms with Gasteiger partial charge in [0.25, 0.3) is 0 Å². The summed E-state index contributed by atoms with van der Waals surface area (Å²) in [6.45, 7) is 8.95. The number of aliphatic hydroxyl groups excluding tert-OH is 2. The Balaban J connectivity index is 1.14. The predicted octanol–water partition coefficient (Wildman–Crippen LogP) is 4.89. The Hall–Kier alpha value is -1.24. The molecule has 248 valence electrons. The van der Waals surface area contributed by atoms with E-state index in [-0.39, 0.29) is 23.4 Å². The van der Waals surface area contributed by atoms with Crippen molar-refractivity contribution in [2.24, 2.45) is 34.5 Å². The molecule has 1 saturated heterocycles. The van der Waals surface area contributed by atoms with Crippen molar-refractivity contribution in [2.75, 3.05) is 19.6 Å². The molecule has 1 aromatic carbocycles. The second kappa shape index (κ2) is 10.9. The van der Waals surface area contributed by atoms with Crippen LogP contribution in [0.15, 0.2) is 29.2 Å². The van der Waals surface area contributed by atoms with E-state index < -0.39 is 50.5 Å². The SMILES string of the molecule is CC1CN(S(=O)(=O)c2ccccc2C(F)(F)F)C(C)CN1C[C@@]1(O)CC[C@@]2(C)[C@@H](CC[C@@H]3[C@@H]2CC[C@]2(C)[C@@H](O)[C@H](O)C[C@@H]32)C1. The minimum Gasteiger partial charge on any atom is -0.390 e. The van der Waals surface area contributed by atoms with E-state index in [1.54, 1.807) is 6.92 Å². The summed E-state index contributed by atoms with van der Waals surface area (Å²) in [7, 11) is -4.39. The Bertz CT molecular complexity index is 1360. The van der Waals surface area contributed by atoms with Crippen LogP contribution >= 0.6 is 0 Å². The van der Waals surface area contributed by atoms with Gasteiger partial charge in [0.2, 0.25) is 10.0 Å². The summed E-state index contributed by atoms with van der Waals surface area (Å²) in [4.78, 5) is 1.40. The fourth-order valence-corrected chi connectivity index (χ4v) is 12.5. The van der Waals surface area contributed by atoms with Gasteiger partial charge >= 0.3 is 6.18 Å². The molecular weight excluding hydrogens is 593 g/mol. The zero-order valence-electron chi connectivity index (χ0n) is 26.3. The van der Waals surface area contributed by atoms with Crippen LogP contribution in [0.3, 0.4) is 0 Å². The molecule has 1 aliphatic heterocycles. The molecule has 5 fully saturated rings. The van der Waals surface area contributed by atoms with Crippen LogP contribution in [0.2, 0.25) is 0 Å². The topological polar surface area (TPSA) is 101 Å². The average Bonchev–Trinajstić information content (AvgIpc) is 3.18. The molecule has 11 heteroatoms. The average molecular weight is 643 g/mol. The Morgan fingerprint density at radius 1 is 0.932 bits per heavy atom. The molecule has 4 saturated carbocycles. The summed E-state index contributed by atoms with van der Waals surface area (Å²) in [5.74, 6) is 1.67. The summed E-state index contributed by atoms with van der Waals surface area (Å²) in [5.41, 5.74) is -2.21. The van der Waals surface area contributed by atoms with Gasteiger partial charge in [-0.2, -0.15) is 17.5 Å². The number of fused-ring (bicyclic) bond motifs is 5. The van der Waals surface area contributed by atoms with E-state index in [4.69, 9.17) is 0 Å². The number of sulfonamides is 1. The lowest BCUT2D eigenvalue weighted by atomic mass is 9.44. The van der Waals surface area contributed by atoms with Gasteiger partial charge in [0.15, 0.2) is 0 Å². The van der Waals surface area contributed by atoms with Crippen LogP contribution in [0, 0.1) is 34.5 Å². The highest BCUT2D eigenvalue weighted by molar-refractivity contribution is 7.89. The molecule has 0 radical (unpaired) electrons.